The Bertz CT molecular complexity index is 910. The number of nitrogens with one attached hydrogen (secondary N) is 2. The van der Waals surface area contributed by atoms with Crippen molar-refractivity contribution in [3.05, 3.63) is 34.6 Å². The number of hydrogen-bond acceptors (Lipinski definition) is 4. The normalized spacial score (nSPS) is 12.5. The summed E-state index contributed by atoms with van der Waals surface area (Å²) in [7, 11) is 1.64. The van der Waals surface area contributed by atoms with Gasteiger partial charge in [-0.15, -0.1) is 0 Å². The molecule has 8 heteroatoms. The first-order chi connectivity index (χ1) is 13.0. The Morgan fingerprint density at radius 3 is 2.64 bits per heavy atom. The molecule has 0 aliphatic rings. The molecule has 2 N–H and O–H groups in total. The summed E-state index contributed by atoms with van der Waals surface area (Å²) in [5.74, 6) is 0.390. The van der Waals surface area contributed by atoms with Crippen molar-refractivity contribution in [2.45, 2.75) is 59.2 Å². The van der Waals surface area contributed by atoms with E-state index in [1.165, 1.54) is 4.90 Å². The van der Waals surface area contributed by atoms with Gasteiger partial charge in [0, 0.05) is 31.1 Å². The van der Waals surface area contributed by atoms with Gasteiger partial charge in [-0.3, -0.25) is 19.3 Å². The summed E-state index contributed by atoms with van der Waals surface area (Å²) >= 11 is 5.33. The molecule has 0 saturated heterocycles. The average molecular weight is 404 g/mol. The SMILES string of the molecule is Cc1cccc(-c2n[nH]c(=S)n2CCC(=O)N(C)[C@H](C)C(=O)NC(C)(C)C)c1. The zero-order valence-electron chi connectivity index (χ0n) is 17.4. The number of aromatic amines is 1. The minimum Gasteiger partial charge on any atom is -0.350 e. The van der Waals surface area contributed by atoms with Crippen LogP contribution in [-0.4, -0.2) is 50.1 Å². The Hall–Kier alpha value is -2.48. The highest BCUT2D eigenvalue weighted by Crippen LogP contribution is 2.19. The van der Waals surface area contributed by atoms with Gasteiger partial charge in [0.25, 0.3) is 0 Å². The van der Waals surface area contributed by atoms with Crippen LogP contribution in [0.1, 0.15) is 39.7 Å². The fourth-order valence-corrected chi connectivity index (χ4v) is 3.00. The Morgan fingerprint density at radius 1 is 1.36 bits per heavy atom. The number of amides is 2. The maximum Gasteiger partial charge on any atom is 0.242 e. The molecule has 2 rings (SSSR count). The number of hydrogen-bond donors (Lipinski definition) is 2. The topological polar surface area (TPSA) is 83.0 Å². The third-order valence-electron chi connectivity index (χ3n) is 4.44. The van der Waals surface area contributed by atoms with Gasteiger partial charge in [0.15, 0.2) is 10.6 Å². The first kappa shape index (κ1) is 21.8. The lowest BCUT2D eigenvalue weighted by molar-refractivity contribution is -0.139. The third-order valence-corrected chi connectivity index (χ3v) is 4.75. The van der Waals surface area contributed by atoms with E-state index in [0.29, 0.717) is 17.1 Å². The zero-order valence-corrected chi connectivity index (χ0v) is 18.2. The highest BCUT2D eigenvalue weighted by Gasteiger charge is 2.25. The van der Waals surface area contributed by atoms with Gasteiger partial charge in [0.2, 0.25) is 11.8 Å². The number of aryl methyl sites for hydroxylation is 1. The van der Waals surface area contributed by atoms with Crippen molar-refractivity contribution in [2.24, 2.45) is 0 Å². The van der Waals surface area contributed by atoms with E-state index in [2.05, 4.69) is 15.5 Å². The number of carbonyl (C=O) groups is 2. The summed E-state index contributed by atoms with van der Waals surface area (Å²) in [5.41, 5.74) is 1.71. The van der Waals surface area contributed by atoms with E-state index in [1.54, 1.807) is 14.0 Å². The van der Waals surface area contributed by atoms with Crippen molar-refractivity contribution in [1.82, 2.24) is 25.0 Å². The van der Waals surface area contributed by atoms with Crippen LogP contribution in [-0.2, 0) is 16.1 Å². The van der Waals surface area contributed by atoms with Gasteiger partial charge in [-0.05, 0) is 52.9 Å². The van der Waals surface area contributed by atoms with Crippen LogP contribution in [0.15, 0.2) is 24.3 Å². The van der Waals surface area contributed by atoms with E-state index in [9.17, 15) is 9.59 Å². The predicted molar refractivity (Wildman–Crippen MR) is 112 cm³/mol. The molecular weight excluding hydrogens is 374 g/mol. The Labute approximate surface area is 171 Å². The molecule has 0 spiro atoms. The monoisotopic (exact) mass is 403 g/mol. The molecule has 7 nitrogen and oxygen atoms in total. The molecule has 1 atom stereocenters. The van der Waals surface area contributed by atoms with Crippen LogP contribution in [0.3, 0.4) is 0 Å². The molecule has 0 aliphatic heterocycles. The van der Waals surface area contributed by atoms with Gasteiger partial charge >= 0.3 is 0 Å². The minimum atomic E-state index is -0.555. The standard InChI is InChI=1S/C20H29N5O2S/c1-13-8-7-9-15(12-13)17-22-23-19(28)25(17)11-10-16(26)24(6)14(2)18(27)21-20(3,4)5/h7-9,12,14H,10-11H2,1-6H3,(H,21,27)(H,23,28)/t14-/m1/s1. The van der Waals surface area contributed by atoms with E-state index >= 15 is 0 Å². The number of nitrogens with zero attached hydrogens (tertiary/aromatic N) is 3. The molecule has 1 heterocycles. The van der Waals surface area contributed by atoms with Crippen molar-refractivity contribution in [2.75, 3.05) is 7.05 Å². The largest absolute Gasteiger partial charge is 0.350 e. The first-order valence-electron chi connectivity index (χ1n) is 9.29. The summed E-state index contributed by atoms with van der Waals surface area (Å²) in [6.45, 7) is 9.85. The lowest BCUT2D eigenvalue weighted by Gasteiger charge is -2.28. The van der Waals surface area contributed by atoms with Gasteiger partial charge in [-0.1, -0.05) is 23.8 Å². The van der Waals surface area contributed by atoms with Crippen LogP contribution in [0.5, 0.6) is 0 Å². The molecule has 0 saturated carbocycles. The van der Waals surface area contributed by atoms with Gasteiger partial charge in [0.05, 0.1) is 0 Å². The van der Waals surface area contributed by atoms with Gasteiger partial charge < -0.3 is 10.2 Å². The molecular formula is C20H29N5O2S. The number of H-pyrrole nitrogens is 1. The van der Waals surface area contributed by atoms with Crippen molar-refractivity contribution in [3.8, 4) is 11.4 Å². The van der Waals surface area contributed by atoms with E-state index in [-0.39, 0.29) is 23.8 Å². The van der Waals surface area contributed by atoms with E-state index in [0.717, 1.165) is 11.1 Å². The van der Waals surface area contributed by atoms with Gasteiger partial charge in [-0.25, -0.2) is 0 Å². The van der Waals surface area contributed by atoms with E-state index in [1.807, 2.05) is 56.5 Å². The molecule has 1 aromatic heterocycles. The summed E-state index contributed by atoms with van der Waals surface area (Å²) in [6, 6.07) is 7.40. The molecule has 0 aliphatic carbocycles. The second kappa shape index (κ2) is 8.68. The molecule has 0 bridgehead atoms. The minimum absolute atomic E-state index is 0.130. The number of benzene rings is 1. The second-order valence-corrected chi connectivity index (χ2v) is 8.43. The average Bonchev–Trinajstić information content (AvgIpc) is 2.97. The molecule has 2 aromatic rings. The van der Waals surface area contributed by atoms with E-state index in [4.69, 9.17) is 12.2 Å². The molecule has 1 aromatic carbocycles. The number of aromatic nitrogens is 3. The fourth-order valence-electron chi connectivity index (χ4n) is 2.78. The lowest BCUT2D eigenvalue weighted by Crippen LogP contribution is -2.51. The van der Waals surface area contributed by atoms with Crippen LogP contribution >= 0.6 is 12.2 Å². The first-order valence-corrected chi connectivity index (χ1v) is 9.70. The summed E-state index contributed by atoms with van der Waals surface area (Å²) in [6.07, 6.45) is 0.219. The van der Waals surface area contributed by atoms with Crippen LogP contribution < -0.4 is 5.32 Å². The summed E-state index contributed by atoms with van der Waals surface area (Å²) in [4.78, 5) is 26.4. The van der Waals surface area contributed by atoms with Crippen molar-refractivity contribution in [3.63, 3.8) is 0 Å². The molecule has 0 radical (unpaired) electrons. The second-order valence-electron chi connectivity index (χ2n) is 8.04. The van der Waals surface area contributed by atoms with Crippen LogP contribution in [0, 0.1) is 11.7 Å². The molecule has 2 amide bonds. The van der Waals surface area contributed by atoms with Crippen molar-refractivity contribution >= 4 is 24.0 Å². The zero-order chi connectivity index (χ0) is 21.1. The maximum atomic E-state index is 12.6. The van der Waals surface area contributed by atoms with Crippen LogP contribution in [0.25, 0.3) is 11.4 Å². The predicted octanol–water partition coefficient (Wildman–Crippen LogP) is 3.07. The quantitative estimate of drug-likeness (QED) is 0.726. The molecule has 0 fully saturated rings. The molecule has 0 unspecified atom stereocenters. The molecule has 28 heavy (non-hydrogen) atoms. The number of likely N-dealkylation sites (N-methyl/N-ethyl adjacent to an activating group) is 1. The van der Waals surface area contributed by atoms with Crippen molar-refractivity contribution < 1.29 is 9.59 Å². The Kier molecular flexibility index (Phi) is 6.77. The van der Waals surface area contributed by atoms with Gasteiger partial charge in [-0.2, -0.15) is 5.10 Å². The number of rotatable bonds is 6. The fraction of sp³-hybridized carbons (Fsp3) is 0.500. The third kappa shape index (κ3) is 5.51. The van der Waals surface area contributed by atoms with Crippen LogP contribution in [0.2, 0.25) is 0 Å². The highest BCUT2D eigenvalue weighted by molar-refractivity contribution is 7.71. The van der Waals surface area contributed by atoms with Gasteiger partial charge in [0.1, 0.15) is 6.04 Å². The highest BCUT2D eigenvalue weighted by atomic mass is 32.1. The lowest BCUT2D eigenvalue weighted by atomic mass is 10.1. The Balaban J connectivity index is 2.08. The summed E-state index contributed by atoms with van der Waals surface area (Å²) < 4.78 is 2.28. The summed E-state index contributed by atoms with van der Waals surface area (Å²) in [5, 5.41) is 10.0. The van der Waals surface area contributed by atoms with Crippen molar-refractivity contribution in [1.29, 1.82) is 0 Å². The molecule has 152 valence electrons. The van der Waals surface area contributed by atoms with Crippen LogP contribution in [0.4, 0.5) is 0 Å². The smallest absolute Gasteiger partial charge is 0.242 e. The van der Waals surface area contributed by atoms with E-state index < -0.39 is 6.04 Å². The maximum absolute atomic E-state index is 12.6. The number of carbonyl (C=O) groups excluding carboxylic acids is 2. The Morgan fingerprint density at radius 2 is 2.04 bits per heavy atom.